The van der Waals surface area contributed by atoms with E-state index in [1.54, 1.807) is 6.20 Å². The average Bonchev–Trinajstić information content (AvgIpc) is 2.83. The number of halogens is 4. The first-order chi connectivity index (χ1) is 8.97. The molecule has 7 heteroatoms. The summed E-state index contributed by atoms with van der Waals surface area (Å²) in [5, 5.41) is 2.74. The minimum absolute atomic E-state index is 0.0486. The van der Waals surface area contributed by atoms with E-state index in [4.69, 9.17) is 0 Å². The van der Waals surface area contributed by atoms with E-state index in [-0.39, 0.29) is 5.69 Å². The van der Waals surface area contributed by atoms with E-state index in [0.29, 0.717) is 19.0 Å². The zero-order chi connectivity index (χ0) is 13.9. The maximum atomic E-state index is 13.5. The lowest BCUT2D eigenvalue weighted by Crippen LogP contribution is -2.09. The van der Waals surface area contributed by atoms with Gasteiger partial charge in [0.2, 0.25) is 0 Å². The molecule has 0 fully saturated rings. The van der Waals surface area contributed by atoms with Crippen molar-refractivity contribution in [1.82, 2.24) is 9.97 Å². The SMILES string of the molecule is Fc1cc(C(F)(F)F)ccc1NCCc1cnc[nH]1. The highest BCUT2D eigenvalue weighted by Crippen LogP contribution is 2.31. The summed E-state index contributed by atoms with van der Waals surface area (Å²) in [4.78, 5) is 6.70. The summed E-state index contributed by atoms with van der Waals surface area (Å²) in [5.74, 6) is -0.917. The molecule has 0 unspecified atom stereocenters. The summed E-state index contributed by atoms with van der Waals surface area (Å²) in [7, 11) is 0. The minimum Gasteiger partial charge on any atom is -0.382 e. The third kappa shape index (κ3) is 3.46. The molecule has 0 atom stereocenters. The average molecular weight is 273 g/mol. The molecule has 0 saturated carbocycles. The van der Waals surface area contributed by atoms with Crippen molar-refractivity contribution in [2.75, 3.05) is 11.9 Å². The first-order valence-corrected chi connectivity index (χ1v) is 5.54. The Morgan fingerprint density at radius 2 is 2.05 bits per heavy atom. The lowest BCUT2D eigenvalue weighted by atomic mass is 10.2. The molecule has 1 heterocycles. The van der Waals surface area contributed by atoms with Gasteiger partial charge in [0, 0.05) is 24.9 Å². The standard InChI is InChI=1S/C12H11F4N3/c13-10-5-8(12(14,15)16)1-2-11(10)18-4-3-9-6-17-7-19-9/h1-2,5-7,18H,3-4H2,(H,17,19). The van der Waals surface area contributed by atoms with Gasteiger partial charge < -0.3 is 10.3 Å². The number of alkyl halides is 3. The smallest absolute Gasteiger partial charge is 0.382 e. The van der Waals surface area contributed by atoms with Crippen LogP contribution in [0.2, 0.25) is 0 Å². The molecule has 1 aromatic carbocycles. The molecule has 0 aliphatic carbocycles. The van der Waals surface area contributed by atoms with Crippen LogP contribution in [0.5, 0.6) is 0 Å². The summed E-state index contributed by atoms with van der Waals surface area (Å²) in [6.07, 6.45) is -0.811. The molecule has 0 radical (unpaired) electrons. The van der Waals surface area contributed by atoms with Crippen molar-refractivity contribution in [3.63, 3.8) is 0 Å². The summed E-state index contributed by atoms with van der Waals surface area (Å²) in [6.45, 7) is 0.393. The van der Waals surface area contributed by atoms with Crippen LogP contribution >= 0.6 is 0 Å². The molecular formula is C12H11F4N3. The van der Waals surface area contributed by atoms with Crippen LogP contribution in [0.3, 0.4) is 0 Å². The van der Waals surface area contributed by atoms with E-state index in [0.717, 1.165) is 17.8 Å². The number of H-pyrrole nitrogens is 1. The van der Waals surface area contributed by atoms with Gasteiger partial charge in [-0.25, -0.2) is 9.37 Å². The maximum Gasteiger partial charge on any atom is 0.416 e. The van der Waals surface area contributed by atoms with E-state index in [1.807, 2.05) is 0 Å². The lowest BCUT2D eigenvalue weighted by Gasteiger charge is -2.10. The maximum absolute atomic E-state index is 13.5. The summed E-state index contributed by atoms with van der Waals surface area (Å²) in [5.41, 5.74) is -0.0866. The highest BCUT2D eigenvalue weighted by Gasteiger charge is 2.31. The monoisotopic (exact) mass is 273 g/mol. The largest absolute Gasteiger partial charge is 0.416 e. The van der Waals surface area contributed by atoms with Gasteiger partial charge in [-0.15, -0.1) is 0 Å². The Labute approximate surface area is 106 Å². The molecule has 19 heavy (non-hydrogen) atoms. The van der Waals surface area contributed by atoms with Crippen LogP contribution in [0.15, 0.2) is 30.7 Å². The number of nitrogens with zero attached hydrogens (tertiary/aromatic N) is 1. The number of rotatable bonds is 4. The number of aromatic amines is 1. The van der Waals surface area contributed by atoms with Crippen molar-refractivity contribution >= 4 is 5.69 Å². The number of benzene rings is 1. The summed E-state index contributed by atoms with van der Waals surface area (Å²) >= 11 is 0. The van der Waals surface area contributed by atoms with E-state index < -0.39 is 17.6 Å². The van der Waals surface area contributed by atoms with Crippen molar-refractivity contribution in [1.29, 1.82) is 0 Å². The predicted octanol–water partition coefficient (Wildman–Crippen LogP) is 3.22. The molecule has 0 aliphatic heterocycles. The Balaban J connectivity index is 1.97. The minimum atomic E-state index is -4.53. The van der Waals surface area contributed by atoms with Crippen molar-refractivity contribution < 1.29 is 17.6 Å². The fourth-order valence-corrected chi connectivity index (χ4v) is 1.59. The molecule has 0 amide bonds. The third-order valence-corrected chi connectivity index (χ3v) is 2.56. The first-order valence-electron chi connectivity index (χ1n) is 5.54. The van der Waals surface area contributed by atoms with Crippen LogP contribution in [-0.4, -0.2) is 16.5 Å². The quantitative estimate of drug-likeness (QED) is 0.840. The molecule has 2 rings (SSSR count). The molecular weight excluding hydrogens is 262 g/mol. The van der Waals surface area contributed by atoms with Gasteiger partial charge in [-0.3, -0.25) is 0 Å². The third-order valence-electron chi connectivity index (χ3n) is 2.56. The van der Waals surface area contributed by atoms with E-state index in [2.05, 4.69) is 15.3 Å². The zero-order valence-corrected chi connectivity index (χ0v) is 9.76. The van der Waals surface area contributed by atoms with Crippen molar-refractivity contribution in [2.45, 2.75) is 12.6 Å². The molecule has 0 aliphatic rings. The van der Waals surface area contributed by atoms with Crippen LogP contribution in [0, 0.1) is 5.82 Å². The van der Waals surface area contributed by atoms with Gasteiger partial charge in [0.05, 0.1) is 17.6 Å². The van der Waals surface area contributed by atoms with Crippen LogP contribution in [0.4, 0.5) is 23.2 Å². The fraction of sp³-hybridized carbons (Fsp3) is 0.250. The van der Waals surface area contributed by atoms with E-state index >= 15 is 0 Å². The van der Waals surface area contributed by atoms with Gasteiger partial charge in [-0.2, -0.15) is 13.2 Å². The van der Waals surface area contributed by atoms with Gasteiger partial charge >= 0.3 is 6.18 Å². The van der Waals surface area contributed by atoms with Crippen molar-refractivity contribution in [3.8, 4) is 0 Å². The van der Waals surface area contributed by atoms with E-state index in [9.17, 15) is 17.6 Å². The number of nitrogens with one attached hydrogen (secondary N) is 2. The molecule has 102 valence electrons. The van der Waals surface area contributed by atoms with Gasteiger partial charge in [0.25, 0.3) is 0 Å². The normalized spacial score (nSPS) is 11.6. The lowest BCUT2D eigenvalue weighted by molar-refractivity contribution is -0.137. The number of hydrogen-bond acceptors (Lipinski definition) is 2. The number of hydrogen-bond donors (Lipinski definition) is 2. The van der Waals surface area contributed by atoms with Gasteiger partial charge in [-0.05, 0) is 18.2 Å². The molecule has 2 N–H and O–H groups in total. The van der Waals surface area contributed by atoms with Crippen LogP contribution < -0.4 is 5.32 Å². The Hall–Kier alpha value is -2.05. The Morgan fingerprint density at radius 1 is 1.26 bits per heavy atom. The topological polar surface area (TPSA) is 40.7 Å². The van der Waals surface area contributed by atoms with Crippen molar-refractivity contribution in [2.24, 2.45) is 0 Å². The fourth-order valence-electron chi connectivity index (χ4n) is 1.59. The molecule has 1 aromatic heterocycles. The van der Waals surface area contributed by atoms with Crippen LogP contribution in [0.25, 0.3) is 0 Å². The number of anilines is 1. The van der Waals surface area contributed by atoms with Crippen molar-refractivity contribution in [3.05, 3.63) is 47.8 Å². The van der Waals surface area contributed by atoms with Gasteiger partial charge in [-0.1, -0.05) is 0 Å². The van der Waals surface area contributed by atoms with Gasteiger partial charge in [0.1, 0.15) is 5.82 Å². The second-order valence-corrected chi connectivity index (χ2v) is 3.95. The highest BCUT2D eigenvalue weighted by molar-refractivity contribution is 5.46. The summed E-state index contributed by atoms with van der Waals surface area (Å²) in [6, 6.07) is 2.42. The number of aromatic nitrogens is 2. The first kappa shape index (κ1) is 13.4. The van der Waals surface area contributed by atoms with Crippen LogP contribution in [0.1, 0.15) is 11.3 Å². The van der Waals surface area contributed by atoms with E-state index in [1.165, 1.54) is 6.33 Å². The Bertz CT molecular complexity index is 534. The summed E-state index contributed by atoms with van der Waals surface area (Å²) < 4.78 is 50.5. The zero-order valence-electron chi connectivity index (χ0n) is 9.76. The Morgan fingerprint density at radius 3 is 2.63 bits per heavy atom. The molecule has 0 bridgehead atoms. The number of imidazole rings is 1. The second-order valence-electron chi connectivity index (χ2n) is 3.95. The Kier molecular flexibility index (Phi) is 3.73. The van der Waals surface area contributed by atoms with Crippen LogP contribution in [-0.2, 0) is 12.6 Å². The van der Waals surface area contributed by atoms with Gasteiger partial charge in [0.15, 0.2) is 0 Å². The highest BCUT2D eigenvalue weighted by atomic mass is 19.4. The molecule has 3 nitrogen and oxygen atoms in total. The molecule has 2 aromatic rings. The predicted molar refractivity (Wildman–Crippen MR) is 62.2 cm³/mol. The molecule has 0 spiro atoms. The molecule has 0 saturated heterocycles. The second kappa shape index (κ2) is 5.29.